The molecule has 4 nitrogen and oxygen atoms in total. The van der Waals surface area contributed by atoms with Crippen LogP contribution in [0.2, 0.25) is 0 Å². The molecule has 0 unspecified atom stereocenters. The molecule has 0 aliphatic heterocycles. The van der Waals surface area contributed by atoms with Crippen molar-refractivity contribution < 1.29 is 18.0 Å². The zero-order valence-corrected chi connectivity index (χ0v) is 9.96. The molecular formula is C5H14O4Si2. The van der Waals surface area contributed by atoms with E-state index in [9.17, 15) is 4.46 Å². The standard InChI is InChI=1S/C5H14O4Si2/c1-2-3-4-5-7-11(6)9-8-10/h2-5H2,1,10H3. The Kier molecular flexibility index (Phi) is 7.75. The van der Waals surface area contributed by atoms with E-state index in [0.29, 0.717) is 17.1 Å². The molecule has 0 rings (SSSR count). The summed E-state index contributed by atoms with van der Waals surface area (Å²) in [7, 11) is -1.94. The molecule has 0 saturated carbocycles. The number of rotatable bonds is 7. The molecule has 0 aromatic rings. The molecule has 0 amide bonds. The zero-order valence-electron chi connectivity index (χ0n) is 6.96. The minimum Gasteiger partial charge on any atom is -0.495 e. The molecule has 0 atom stereocenters. The fourth-order valence-electron chi connectivity index (χ4n) is 0.600. The molecule has 0 fully saturated rings. The minimum atomic E-state index is -2.36. The Morgan fingerprint density at radius 2 is 2.18 bits per heavy atom. The molecule has 0 spiro atoms. The highest BCUT2D eigenvalue weighted by Crippen LogP contribution is 1.93. The van der Waals surface area contributed by atoms with Crippen molar-refractivity contribution in [3.05, 3.63) is 0 Å². The molecule has 0 aromatic heterocycles. The first-order chi connectivity index (χ1) is 5.31. The summed E-state index contributed by atoms with van der Waals surface area (Å²) in [6.45, 7) is 2.59. The van der Waals surface area contributed by atoms with Gasteiger partial charge < -0.3 is 9.00 Å². The van der Waals surface area contributed by atoms with E-state index >= 15 is 0 Å². The number of unbranched alkanes of at least 4 members (excludes halogenated alkanes) is 2. The van der Waals surface area contributed by atoms with E-state index in [1.54, 1.807) is 0 Å². The van der Waals surface area contributed by atoms with Crippen LogP contribution in [0.15, 0.2) is 0 Å². The van der Waals surface area contributed by atoms with Crippen molar-refractivity contribution in [3.63, 3.8) is 0 Å². The number of hydrogen-bond acceptors (Lipinski definition) is 4. The van der Waals surface area contributed by atoms with E-state index in [-0.39, 0.29) is 0 Å². The second-order valence-corrected chi connectivity index (χ2v) is 3.34. The molecule has 0 aromatic carbocycles. The van der Waals surface area contributed by atoms with Crippen LogP contribution in [0.25, 0.3) is 0 Å². The quantitative estimate of drug-likeness (QED) is 0.244. The van der Waals surface area contributed by atoms with Crippen molar-refractivity contribution >= 4 is 19.7 Å². The SMILES string of the molecule is CCCCCO[Si](=O)OO[SiH3]. The van der Waals surface area contributed by atoms with Crippen molar-refractivity contribution in [3.8, 4) is 0 Å². The first-order valence-corrected chi connectivity index (χ1v) is 5.72. The lowest BCUT2D eigenvalue weighted by Crippen LogP contribution is -2.12. The van der Waals surface area contributed by atoms with E-state index in [4.69, 9.17) is 4.43 Å². The molecule has 0 saturated heterocycles. The van der Waals surface area contributed by atoms with Crippen LogP contribution in [-0.4, -0.2) is 26.3 Å². The van der Waals surface area contributed by atoms with Crippen molar-refractivity contribution in [2.24, 2.45) is 0 Å². The largest absolute Gasteiger partial charge is 0.800 e. The average Bonchev–Trinajstić information content (AvgIpc) is 1.99. The van der Waals surface area contributed by atoms with Crippen LogP contribution < -0.4 is 0 Å². The van der Waals surface area contributed by atoms with Gasteiger partial charge in [-0.1, -0.05) is 19.8 Å². The summed E-state index contributed by atoms with van der Waals surface area (Å²) in [5.41, 5.74) is 0. The third-order valence-corrected chi connectivity index (χ3v) is 2.36. The maximum absolute atomic E-state index is 10.6. The Morgan fingerprint density at radius 3 is 2.73 bits per heavy atom. The van der Waals surface area contributed by atoms with Crippen LogP contribution in [0.4, 0.5) is 0 Å². The lowest BCUT2D eigenvalue weighted by Gasteiger charge is -2.01. The van der Waals surface area contributed by atoms with E-state index in [1.165, 1.54) is 0 Å². The van der Waals surface area contributed by atoms with Gasteiger partial charge in [0.25, 0.3) is 0 Å². The van der Waals surface area contributed by atoms with Gasteiger partial charge in [0, 0.05) is 0 Å². The van der Waals surface area contributed by atoms with Gasteiger partial charge in [0.15, 0.2) is 0 Å². The topological polar surface area (TPSA) is 44.8 Å². The fourth-order valence-corrected chi connectivity index (χ4v) is 1.50. The smallest absolute Gasteiger partial charge is 0.495 e. The number of hydrogen-bond donors (Lipinski definition) is 0. The van der Waals surface area contributed by atoms with Crippen LogP contribution in [0.3, 0.4) is 0 Å². The van der Waals surface area contributed by atoms with E-state index in [2.05, 4.69) is 16.1 Å². The summed E-state index contributed by atoms with van der Waals surface area (Å²) >= 11 is 0. The third-order valence-electron chi connectivity index (χ3n) is 1.12. The van der Waals surface area contributed by atoms with Crippen molar-refractivity contribution in [2.75, 3.05) is 6.61 Å². The summed E-state index contributed by atoms with van der Waals surface area (Å²) in [6, 6.07) is 0. The highest BCUT2D eigenvalue weighted by atomic mass is 28.3. The van der Waals surface area contributed by atoms with Gasteiger partial charge in [-0.2, -0.15) is 0 Å². The van der Waals surface area contributed by atoms with Crippen LogP contribution in [0.1, 0.15) is 26.2 Å². The van der Waals surface area contributed by atoms with Crippen LogP contribution >= 0.6 is 0 Å². The predicted octanol–water partition coefficient (Wildman–Crippen LogP) is -0.163. The summed E-state index contributed by atoms with van der Waals surface area (Å²) in [4.78, 5) is 0. The van der Waals surface area contributed by atoms with Crippen LogP contribution in [0, 0.1) is 0 Å². The van der Waals surface area contributed by atoms with Gasteiger partial charge in [0.2, 0.25) is 10.5 Å². The van der Waals surface area contributed by atoms with Gasteiger partial charge >= 0.3 is 9.17 Å². The first-order valence-electron chi connectivity index (χ1n) is 3.68. The molecule has 0 radical (unpaired) electrons. The van der Waals surface area contributed by atoms with Gasteiger partial charge in [-0.05, 0) is 6.42 Å². The normalized spacial score (nSPS) is 9.55. The van der Waals surface area contributed by atoms with Gasteiger partial charge in [-0.3, -0.25) is 9.04 Å². The van der Waals surface area contributed by atoms with E-state index < -0.39 is 9.17 Å². The summed E-state index contributed by atoms with van der Waals surface area (Å²) < 4.78 is 24.1. The lowest BCUT2D eigenvalue weighted by molar-refractivity contribution is -0.125. The van der Waals surface area contributed by atoms with E-state index in [1.807, 2.05) is 0 Å². The Hall–Kier alpha value is -0.206. The molecule has 0 heterocycles. The maximum Gasteiger partial charge on any atom is 0.800 e. The Bertz CT molecular complexity index is 109. The second kappa shape index (κ2) is 7.90. The molecule has 0 aliphatic rings. The molecule has 0 N–H and O–H groups in total. The van der Waals surface area contributed by atoms with Gasteiger partial charge in [-0.15, -0.1) is 0 Å². The molecule has 0 aliphatic carbocycles. The highest BCUT2D eigenvalue weighted by molar-refractivity contribution is 6.26. The zero-order chi connectivity index (χ0) is 8.53. The van der Waals surface area contributed by atoms with Crippen molar-refractivity contribution in [2.45, 2.75) is 26.2 Å². The molecule has 66 valence electrons. The second-order valence-electron chi connectivity index (χ2n) is 2.06. The van der Waals surface area contributed by atoms with Gasteiger partial charge in [0.05, 0.1) is 6.61 Å². The first kappa shape index (κ1) is 10.8. The summed E-state index contributed by atoms with van der Waals surface area (Å²) in [5.74, 6) is 0. The molecule has 6 heteroatoms. The monoisotopic (exact) mass is 194 g/mol. The Morgan fingerprint density at radius 1 is 1.45 bits per heavy atom. The lowest BCUT2D eigenvalue weighted by atomic mass is 10.3. The van der Waals surface area contributed by atoms with Gasteiger partial charge in [0.1, 0.15) is 0 Å². The predicted molar refractivity (Wildman–Crippen MR) is 44.0 cm³/mol. The van der Waals surface area contributed by atoms with Crippen LogP contribution in [0.5, 0.6) is 0 Å². The fraction of sp³-hybridized carbons (Fsp3) is 1.00. The molecule has 11 heavy (non-hydrogen) atoms. The Balaban J connectivity index is 3.04. The van der Waals surface area contributed by atoms with Crippen molar-refractivity contribution in [1.82, 2.24) is 0 Å². The summed E-state index contributed by atoms with van der Waals surface area (Å²) in [6.07, 6.45) is 3.15. The minimum absolute atomic E-state index is 0.420. The average molecular weight is 194 g/mol. The van der Waals surface area contributed by atoms with Crippen LogP contribution in [-0.2, 0) is 18.0 Å². The van der Waals surface area contributed by atoms with Crippen molar-refractivity contribution in [1.29, 1.82) is 0 Å². The summed E-state index contributed by atoms with van der Waals surface area (Å²) in [5, 5.41) is 0. The molecular weight excluding hydrogens is 180 g/mol. The maximum atomic E-state index is 10.6. The Labute approximate surface area is 71.2 Å². The highest BCUT2D eigenvalue weighted by Gasteiger charge is 2.09. The third kappa shape index (κ3) is 7.69. The molecule has 0 bridgehead atoms. The van der Waals surface area contributed by atoms with E-state index in [0.717, 1.165) is 19.3 Å². The van der Waals surface area contributed by atoms with Gasteiger partial charge in [-0.25, -0.2) is 0 Å².